The van der Waals surface area contributed by atoms with Gasteiger partial charge in [-0.1, -0.05) is 0 Å². The smallest absolute Gasteiger partial charge is 0.403 e. The summed E-state index contributed by atoms with van der Waals surface area (Å²) in [5, 5.41) is 0. The monoisotopic (exact) mass is 193 g/mol. The fourth-order valence-corrected chi connectivity index (χ4v) is 0.777. The van der Waals surface area contributed by atoms with Gasteiger partial charge < -0.3 is 11.5 Å². The highest BCUT2D eigenvalue weighted by molar-refractivity contribution is 6.03. The molecule has 4 N–H and O–H groups in total. The highest BCUT2D eigenvalue weighted by Crippen LogP contribution is 2.28. The number of aliphatic imine (C=N–C) groups is 1. The molecular formula is C7H10F3N3. The van der Waals surface area contributed by atoms with Gasteiger partial charge >= 0.3 is 6.18 Å². The molecule has 13 heavy (non-hydrogen) atoms. The molecule has 0 spiro atoms. The fraction of sp³-hybridized carbons (Fsp3) is 0.571. The van der Waals surface area contributed by atoms with Gasteiger partial charge in [-0.2, -0.15) is 13.2 Å². The van der Waals surface area contributed by atoms with Crippen molar-refractivity contribution in [2.24, 2.45) is 16.5 Å². The molecule has 0 aromatic heterocycles. The quantitative estimate of drug-likeness (QED) is 0.640. The second-order valence-electron chi connectivity index (χ2n) is 2.83. The number of nitrogens with two attached hydrogens (primary N) is 2. The minimum atomic E-state index is -4.51. The van der Waals surface area contributed by atoms with Gasteiger partial charge in [0.2, 0.25) is 0 Å². The first-order valence-electron chi connectivity index (χ1n) is 3.78. The molecule has 1 aliphatic carbocycles. The molecule has 0 bridgehead atoms. The number of nitrogens with zero attached hydrogens (tertiary/aromatic N) is 1. The summed E-state index contributed by atoms with van der Waals surface area (Å²) in [5.74, 6) is 0. The van der Waals surface area contributed by atoms with E-state index in [1.54, 1.807) is 0 Å². The third-order valence-corrected chi connectivity index (χ3v) is 1.58. The molecule has 0 aromatic carbocycles. The van der Waals surface area contributed by atoms with Crippen molar-refractivity contribution in [1.82, 2.24) is 0 Å². The molecule has 1 fully saturated rings. The number of halogens is 3. The highest BCUT2D eigenvalue weighted by Gasteiger charge is 2.39. The lowest BCUT2D eigenvalue weighted by molar-refractivity contribution is -0.0585. The lowest BCUT2D eigenvalue weighted by atomic mass is 10.3. The number of rotatable bonds is 2. The van der Waals surface area contributed by atoms with Crippen LogP contribution in [0.4, 0.5) is 13.2 Å². The average molecular weight is 193 g/mol. The Morgan fingerprint density at radius 1 is 1.38 bits per heavy atom. The van der Waals surface area contributed by atoms with Crippen LogP contribution in [0.15, 0.2) is 16.9 Å². The first-order valence-corrected chi connectivity index (χ1v) is 3.78. The normalized spacial score (nSPS) is 20.5. The van der Waals surface area contributed by atoms with E-state index in [0.29, 0.717) is 19.0 Å². The summed E-state index contributed by atoms with van der Waals surface area (Å²) >= 11 is 0. The van der Waals surface area contributed by atoms with Gasteiger partial charge in [-0.3, -0.25) is 4.99 Å². The Bertz CT molecular complexity index is 250. The van der Waals surface area contributed by atoms with E-state index in [0.717, 1.165) is 0 Å². The lowest BCUT2D eigenvalue weighted by Gasteiger charge is -2.09. The molecular weight excluding hydrogens is 183 g/mol. The first-order chi connectivity index (χ1) is 5.95. The number of alkyl halides is 3. The van der Waals surface area contributed by atoms with E-state index in [4.69, 9.17) is 11.5 Å². The van der Waals surface area contributed by atoms with Crippen molar-refractivity contribution in [2.45, 2.75) is 25.1 Å². The highest BCUT2D eigenvalue weighted by atomic mass is 19.4. The van der Waals surface area contributed by atoms with E-state index in [1.165, 1.54) is 0 Å². The van der Waals surface area contributed by atoms with Crippen LogP contribution < -0.4 is 11.5 Å². The summed E-state index contributed by atoms with van der Waals surface area (Å²) in [7, 11) is 0. The van der Waals surface area contributed by atoms with Crippen molar-refractivity contribution in [1.29, 1.82) is 0 Å². The fourth-order valence-electron chi connectivity index (χ4n) is 0.777. The molecule has 0 unspecified atom stereocenters. The predicted molar refractivity (Wildman–Crippen MR) is 43.0 cm³/mol. The van der Waals surface area contributed by atoms with Crippen LogP contribution in [0.25, 0.3) is 0 Å². The van der Waals surface area contributed by atoms with Crippen LogP contribution in [0, 0.1) is 0 Å². The van der Waals surface area contributed by atoms with Gasteiger partial charge in [0.25, 0.3) is 0 Å². The van der Waals surface area contributed by atoms with Gasteiger partial charge in [-0.15, -0.1) is 0 Å². The van der Waals surface area contributed by atoms with E-state index >= 15 is 0 Å². The molecule has 0 radical (unpaired) electrons. The van der Waals surface area contributed by atoms with E-state index in [2.05, 4.69) is 4.99 Å². The molecule has 0 heterocycles. The van der Waals surface area contributed by atoms with Crippen molar-refractivity contribution in [3.05, 3.63) is 11.9 Å². The lowest BCUT2D eigenvalue weighted by Crippen LogP contribution is -2.30. The molecule has 0 atom stereocenters. The van der Waals surface area contributed by atoms with Crippen molar-refractivity contribution < 1.29 is 13.2 Å². The van der Waals surface area contributed by atoms with Crippen LogP contribution in [0.3, 0.4) is 0 Å². The second kappa shape index (κ2) is 3.27. The van der Waals surface area contributed by atoms with Crippen molar-refractivity contribution in [2.75, 3.05) is 0 Å². The average Bonchev–Trinajstić information content (AvgIpc) is 2.80. The summed E-state index contributed by atoms with van der Waals surface area (Å²) in [4.78, 5) is 3.45. The number of hydrogen-bond acceptors (Lipinski definition) is 3. The van der Waals surface area contributed by atoms with Gasteiger partial charge in [0.1, 0.15) is 0 Å². The topological polar surface area (TPSA) is 64.4 Å². The molecule has 74 valence electrons. The minimum Gasteiger partial charge on any atom is -0.403 e. The molecule has 6 heteroatoms. The Hall–Kier alpha value is -1.20. The van der Waals surface area contributed by atoms with E-state index < -0.39 is 17.6 Å². The van der Waals surface area contributed by atoms with Gasteiger partial charge in [0.15, 0.2) is 5.71 Å². The second-order valence-corrected chi connectivity index (χ2v) is 2.83. The van der Waals surface area contributed by atoms with Crippen LogP contribution >= 0.6 is 0 Å². The minimum absolute atomic E-state index is 0.227. The molecule has 1 saturated carbocycles. The molecule has 0 aromatic rings. The summed E-state index contributed by atoms with van der Waals surface area (Å²) in [6.45, 7) is 0. The maximum Gasteiger partial charge on any atom is 0.435 e. The molecule has 0 amide bonds. The maximum atomic E-state index is 12.2. The number of allylic oxidation sites excluding steroid dienone is 1. The van der Waals surface area contributed by atoms with Crippen LogP contribution in [0.5, 0.6) is 0 Å². The van der Waals surface area contributed by atoms with Crippen molar-refractivity contribution in [3.8, 4) is 0 Å². The summed E-state index contributed by atoms with van der Waals surface area (Å²) in [6.07, 6.45) is -2.41. The van der Waals surface area contributed by atoms with E-state index in [9.17, 15) is 13.2 Å². The van der Waals surface area contributed by atoms with Crippen LogP contribution in [-0.2, 0) is 0 Å². The zero-order valence-corrected chi connectivity index (χ0v) is 6.80. The van der Waals surface area contributed by atoms with Crippen LogP contribution in [-0.4, -0.2) is 17.9 Å². The van der Waals surface area contributed by atoms with E-state index in [1.807, 2.05) is 0 Å². The van der Waals surface area contributed by atoms with Gasteiger partial charge in [-0.05, 0) is 12.8 Å². The zero-order valence-electron chi connectivity index (χ0n) is 6.80. The van der Waals surface area contributed by atoms with Crippen molar-refractivity contribution >= 4 is 5.71 Å². The summed E-state index contributed by atoms with van der Waals surface area (Å²) in [6, 6.07) is -0.227. The van der Waals surface area contributed by atoms with Gasteiger partial charge in [0, 0.05) is 6.20 Å². The summed E-state index contributed by atoms with van der Waals surface area (Å²) < 4.78 is 36.7. The van der Waals surface area contributed by atoms with E-state index in [-0.39, 0.29) is 6.04 Å². The Kier molecular flexibility index (Phi) is 2.49. The molecule has 0 saturated heterocycles. The Labute approximate surface area is 73.3 Å². The Morgan fingerprint density at radius 3 is 2.23 bits per heavy atom. The SMILES string of the molecule is N/C=C(/N)C(=NC1CC1)C(F)(F)F. The third-order valence-electron chi connectivity index (χ3n) is 1.58. The Morgan fingerprint density at radius 2 is 1.92 bits per heavy atom. The van der Waals surface area contributed by atoms with Crippen molar-refractivity contribution in [3.63, 3.8) is 0 Å². The van der Waals surface area contributed by atoms with Crippen LogP contribution in [0.2, 0.25) is 0 Å². The van der Waals surface area contributed by atoms with Gasteiger partial charge in [-0.25, -0.2) is 0 Å². The maximum absolute atomic E-state index is 12.2. The molecule has 3 nitrogen and oxygen atoms in total. The zero-order chi connectivity index (χ0) is 10.1. The predicted octanol–water partition coefficient (Wildman–Crippen LogP) is 0.911. The standard InChI is InChI=1S/C7H10F3N3/c8-7(9,10)6(5(12)3-11)13-4-1-2-4/h3-4H,1-2,11-12H2/b5-3+,13-6?. The molecule has 1 aliphatic rings. The van der Waals surface area contributed by atoms with Gasteiger partial charge in [0.05, 0.1) is 11.7 Å². The Balaban J connectivity index is 2.87. The molecule has 0 aliphatic heterocycles. The number of hydrogen-bond donors (Lipinski definition) is 2. The van der Waals surface area contributed by atoms with Crippen LogP contribution in [0.1, 0.15) is 12.8 Å². The summed E-state index contributed by atoms with van der Waals surface area (Å²) in [5.41, 5.74) is 8.39. The largest absolute Gasteiger partial charge is 0.435 e. The third kappa shape index (κ3) is 2.64. The molecule has 1 rings (SSSR count). The first kappa shape index (κ1) is 9.88.